The summed E-state index contributed by atoms with van der Waals surface area (Å²) in [5.74, 6) is -3.18. The molecule has 0 spiro atoms. The molecule has 0 fully saturated rings. The normalized spacial score (nSPS) is 11.9. The van der Waals surface area contributed by atoms with Crippen molar-refractivity contribution in [1.29, 1.82) is 0 Å². The highest BCUT2D eigenvalue weighted by atomic mass is 19.3. The number of hydrogen-bond acceptors (Lipinski definition) is 3. The minimum atomic E-state index is -3.10. The van der Waals surface area contributed by atoms with E-state index in [0.717, 1.165) is 44.4 Å². The summed E-state index contributed by atoms with van der Waals surface area (Å²) in [4.78, 5) is 12.1. The first-order valence-corrected chi connectivity index (χ1v) is 12.1. The molecule has 4 aromatic rings. The molecule has 0 saturated carbocycles. The number of allylic oxidation sites excluding steroid dienone is 1. The van der Waals surface area contributed by atoms with E-state index in [-0.39, 0.29) is 12.5 Å². The summed E-state index contributed by atoms with van der Waals surface area (Å²) in [7, 11) is 0. The highest BCUT2D eigenvalue weighted by Gasteiger charge is 2.26. The second-order valence-corrected chi connectivity index (χ2v) is 8.97. The van der Waals surface area contributed by atoms with Crippen molar-refractivity contribution in [2.24, 2.45) is 0 Å². The summed E-state index contributed by atoms with van der Waals surface area (Å²) < 4.78 is 29.1. The number of alkyl halides is 2. The van der Waals surface area contributed by atoms with Crippen LogP contribution in [-0.2, 0) is 17.8 Å². The molecular formula is C30H30F2N2O2. The minimum Gasteiger partial charge on any atom is -0.352 e. The van der Waals surface area contributed by atoms with Crippen LogP contribution in [0.25, 0.3) is 21.5 Å². The first-order valence-electron chi connectivity index (χ1n) is 12.1. The fraction of sp³-hybridized carbons (Fsp3) is 0.233. The Morgan fingerprint density at radius 2 is 1.61 bits per heavy atom. The van der Waals surface area contributed by atoms with Crippen LogP contribution in [-0.4, -0.2) is 28.6 Å². The van der Waals surface area contributed by atoms with Gasteiger partial charge in [0.15, 0.2) is 0 Å². The predicted molar refractivity (Wildman–Crippen MR) is 140 cm³/mol. The third kappa shape index (κ3) is 7.12. The Morgan fingerprint density at radius 1 is 0.889 bits per heavy atom. The SMILES string of the molecule is O=C(CCCCN(O)/C=C/C(F)(F)Cc1cccc2ccccc12)NCc1ccc2ccccc2c1. The van der Waals surface area contributed by atoms with Gasteiger partial charge in [-0.3, -0.25) is 15.1 Å². The third-order valence-corrected chi connectivity index (χ3v) is 6.14. The van der Waals surface area contributed by atoms with Crippen molar-refractivity contribution in [2.45, 2.75) is 38.2 Å². The van der Waals surface area contributed by atoms with Crippen LogP contribution in [0.4, 0.5) is 8.78 Å². The number of benzene rings is 4. The van der Waals surface area contributed by atoms with Gasteiger partial charge in [0.1, 0.15) is 0 Å². The lowest BCUT2D eigenvalue weighted by Crippen LogP contribution is -2.23. The lowest BCUT2D eigenvalue weighted by atomic mass is 9.99. The van der Waals surface area contributed by atoms with Gasteiger partial charge in [-0.15, -0.1) is 0 Å². The van der Waals surface area contributed by atoms with Crippen LogP contribution < -0.4 is 5.32 Å². The van der Waals surface area contributed by atoms with Crippen molar-refractivity contribution in [1.82, 2.24) is 10.4 Å². The standard InChI is InChI=1S/C30H30F2N2O2/c31-30(32,21-27-12-7-11-25-9-3-4-13-28(25)27)17-19-34(36)18-6-5-14-29(35)33-22-23-15-16-24-8-1-2-10-26(24)20-23/h1-4,7-13,15-17,19-20,36H,5-6,14,18,21-22H2,(H,33,35)/b19-17+. The molecule has 0 aliphatic rings. The Balaban J connectivity index is 1.17. The maximum absolute atomic E-state index is 14.5. The predicted octanol–water partition coefficient (Wildman–Crippen LogP) is 6.86. The van der Waals surface area contributed by atoms with E-state index in [1.165, 1.54) is 0 Å². The number of carbonyl (C=O) groups is 1. The van der Waals surface area contributed by atoms with Gasteiger partial charge >= 0.3 is 0 Å². The molecule has 186 valence electrons. The number of halogens is 2. The van der Waals surface area contributed by atoms with Gasteiger partial charge in [0.05, 0.1) is 0 Å². The first kappa shape index (κ1) is 25.3. The molecule has 0 aliphatic heterocycles. The number of nitrogens with zero attached hydrogens (tertiary/aromatic N) is 1. The van der Waals surface area contributed by atoms with Gasteiger partial charge in [-0.05, 0) is 51.6 Å². The topological polar surface area (TPSA) is 52.6 Å². The van der Waals surface area contributed by atoms with E-state index >= 15 is 0 Å². The second-order valence-electron chi connectivity index (χ2n) is 8.97. The number of rotatable bonds is 11. The minimum absolute atomic E-state index is 0.0789. The lowest BCUT2D eigenvalue weighted by Gasteiger charge is -2.16. The van der Waals surface area contributed by atoms with Gasteiger partial charge in [-0.2, -0.15) is 0 Å². The molecule has 0 aromatic heterocycles. The van der Waals surface area contributed by atoms with Crippen molar-refractivity contribution >= 4 is 27.5 Å². The Hall–Kier alpha value is -3.77. The van der Waals surface area contributed by atoms with Crippen molar-refractivity contribution < 1.29 is 18.8 Å². The quantitative estimate of drug-likeness (QED) is 0.179. The zero-order valence-electron chi connectivity index (χ0n) is 20.0. The number of amides is 1. The van der Waals surface area contributed by atoms with Crippen LogP contribution in [0.1, 0.15) is 30.4 Å². The number of hydroxylamine groups is 2. The molecule has 0 unspecified atom stereocenters. The van der Waals surface area contributed by atoms with Gasteiger partial charge in [-0.1, -0.05) is 78.9 Å². The van der Waals surface area contributed by atoms with Crippen LogP contribution in [0.15, 0.2) is 97.2 Å². The maximum Gasteiger partial charge on any atom is 0.272 e. The molecule has 4 rings (SSSR count). The van der Waals surface area contributed by atoms with Crippen molar-refractivity contribution in [3.8, 4) is 0 Å². The molecule has 0 heterocycles. The summed E-state index contributed by atoms with van der Waals surface area (Å²) in [6.07, 6.45) is 2.63. The number of fused-ring (bicyclic) bond motifs is 2. The highest BCUT2D eigenvalue weighted by molar-refractivity contribution is 5.86. The average molecular weight is 489 g/mol. The number of unbranched alkanes of at least 4 members (excludes halogenated alkanes) is 1. The molecule has 2 N–H and O–H groups in total. The van der Waals surface area contributed by atoms with Crippen molar-refractivity contribution in [3.63, 3.8) is 0 Å². The fourth-order valence-corrected chi connectivity index (χ4v) is 4.23. The number of carbonyl (C=O) groups excluding carboxylic acids is 1. The summed E-state index contributed by atoms with van der Waals surface area (Å²) in [6.45, 7) is 0.614. The van der Waals surface area contributed by atoms with Crippen LogP contribution >= 0.6 is 0 Å². The highest BCUT2D eigenvalue weighted by Crippen LogP contribution is 2.27. The third-order valence-electron chi connectivity index (χ3n) is 6.14. The smallest absolute Gasteiger partial charge is 0.272 e. The van der Waals surface area contributed by atoms with Gasteiger partial charge in [0.25, 0.3) is 5.92 Å². The van der Waals surface area contributed by atoms with E-state index in [1.54, 1.807) is 12.1 Å². The molecule has 36 heavy (non-hydrogen) atoms. The largest absolute Gasteiger partial charge is 0.352 e. The summed E-state index contributed by atoms with van der Waals surface area (Å²) in [5.41, 5.74) is 1.58. The molecule has 6 heteroatoms. The monoisotopic (exact) mass is 488 g/mol. The molecule has 0 aliphatic carbocycles. The first-order chi connectivity index (χ1) is 17.4. The summed E-state index contributed by atoms with van der Waals surface area (Å²) >= 11 is 0. The van der Waals surface area contributed by atoms with Crippen LogP contribution in [0.3, 0.4) is 0 Å². The van der Waals surface area contributed by atoms with Gasteiger partial charge in [0, 0.05) is 38.2 Å². The van der Waals surface area contributed by atoms with Gasteiger partial charge < -0.3 is 5.32 Å². The Labute approximate surface area is 209 Å². The fourth-order valence-electron chi connectivity index (χ4n) is 4.23. The molecular weight excluding hydrogens is 458 g/mol. The van der Waals surface area contributed by atoms with Gasteiger partial charge in [0.2, 0.25) is 5.91 Å². The van der Waals surface area contributed by atoms with Crippen molar-refractivity contribution in [3.05, 3.63) is 108 Å². The average Bonchev–Trinajstić information content (AvgIpc) is 2.89. The Morgan fingerprint density at radius 3 is 2.44 bits per heavy atom. The number of hydrogen-bond donors (Lipinski definition) is 2. The second kappa shape index (κ2) is 11.8. The molecule has 4 aromatic carbocycles. The van der Waals surface area contributed by atoms with Crippen LogP contribution in [0, 0.1) is 0 Å². The van der Waals surface area contributed by atoms with Gasteiger partial charge in [-0.25, -0.2) is 8.78 Å². The van der Waals surface area contributed by atoms with E-state index in [4.69, 9.17) is 0 Å². The van der Waals surface area contributed by atoms with E-state index < -0.39 is 12.3 Å². The molecule has 1 amide bonds. The number of nitrogens with one attached hydrogen (secondary N) is 1. The molecule has 4 nitrogen and oxygen atoms in total. The zero-order valence-corrected chi connectivity index (χ0v) is 20.0. The van der Waals surface area contributed by atoms with E-state index in [2.05, 4.69) is 11.4 Å². The van der Waals surface area contributed by atoms with Crippen LogP contribution in [0.5, 0.6) is 0 Å². The molecule has 0 radical (unpaired) electrons. The Kier molecular flexibility index (Phi) is 8.28. The zero-order chi connectivity index (χ0) is 25.4. The summed E-state index contributed by atoms with van der Waals surface area (Å²) in [6, 6.07) is 26.9. The van der Waals surface area contributed by atoms with E-state index in [9.17, 15) is 18.8 Å². The van der Waals surface area contributed by atoms with E-state index in [0.29, 0.717) is 31.4 Å². The van der Waals surface area contributed by atoms with Crippen molar-refractivity contribution in [2.75, 3.05) is 6.54 Å². The van der Waals surface area contributed by atoms with E-state index in [1.807, 2.05) is 66.7 Å². The molecule has 0 bridgehead atoms. The summed E-state index contributed by atoms with van der Waals surface area (Å²) in [5, 5.41) is 17.6. The molecule has 0 atom stereocenters. The maximum atomic E-state index is 14.5. The Bertz CT molecular complexity index is 1350. The molecule has 0 saturated heterocycles. The lowest BCUT2D eigenvalue weighted by molar-refractivity contribution is -0.121. The van der Waals surface area contributed by atoms with Crippen LogP contribution in [0.2, 0.25) is 0 Å².